The number of carbonyl (C=O) groups is 2. The number of amides is 3. The summed E-state index contributed by atoms with van der Waals surface area (Å²) in [6.07, 6.45) is 1.00. The van der Waals surface area contributed by atoms with E-state index < -0.39 is 17.4 Å². The van der Waals surface area contributed by atoms with Crippen LogP contribution in [0.15, 0.2) is 39.7 Å². The van der Waals surface area contributed by atoms with E-state index in [-0.39, 0.29) is 10.9 Å². The smallest absolute Gasteiger partial charge is 0.319 e. The molecule has 0 saturated carbocycles. The third kappa shape index (κ3) is 2.00. The highest BCUT2D eigenvalue weighted by Gasteiger charge is 2.15. The number of primary amides is 1. The highest BCUT2D eigenvalue weighted by Crippen LogP contribution is 2.10. The number of para-hydroxylation sites is 1. The minimum atomic E-state index is -1.03. The van der Waals surface area contributed by atoms with Crippen molar-refractivity contribution >= 4 is 22.9 Å². The van der Waals surface area contributed by atoms with E-state index in [4.69, 9.17) is 10.2 Å². The molecule has 0 aliphatic carbocycles. The zero-order chi connectivity index (χ0) is 12.4. The second-order valence-electron chi connectivity index (χ2n) is 3.29. The van der Waals surface area contributed by atoms with Gasteiger partial charge in [-0.2, -0.15) is 0 Å². The number of urea groups is 1. The highest BCUT2D eigenvalue weighted by molar-refractivity contribution is 6.04. The maximum absolute atomic E-state index is 11.9. The summed E-state index contributed by atoms with van der Waals surface area (Å²) in [5.74, 6) is -0.878. The number of imide groups is 1. The third-order valence-electron chi connectivity index (χ3n) is 2.16. The molecular weight excluding hydrogens is 224 g/mol. The van der Waals surface area contributed by atoms with Crippen molar-refractivity contribution in [1.82, 2.24) is 5.32 Å². The summed E-state index contributed by atoms with van der Waals surface area (Å²) in [7, 11) is 0. The lowest BCUT2D eigenvalue weighted by molar-refractivity contribution is 0.0963. The van der Waals surface area contributed by atoms with Gasteiger partial charge in [0, 0.05) is 0 Å². The van der Waals surface area contributed by atoms with E-state index in [9.17, 15) is 14.4 Å². The summed E-state index contributed by atoms with van der Waals surface area (Å²) in [4.78, 5) is 33.8. The number of rotatable bonds is 1. The van der Waals surface area contributed by atoms with Gasteiger partial charge in [-0.15, -0.1) is 0 Å². The van der Waals surface area contributed by atoms with Crippen molar-refractivity contribution in [1.29, 1.82) is 0 Å². The lowest BCUT2D eigenvalue weighted by Crippen LogP contribution is -2.37. The Balaban J connectivity index is 2.57. The van der Waals surface area contributed by atoms with Gasteiger partial charge < -0.3 is 10.2 Å². The molecule has 0 unspecified atom stereocenters. The SMILES string of the molecule is NC(=O)NC(=O)c1coc2ccccc2c1=O. The Morgan fingerprint density at radius 2 is 1.94 bits per heavy atom. The number of hydrogen-bond acceptors (Lipinski definition) is 4. The standard InChI is InChI=1S/C11H8N2O4/c12-11(16)13-10(15)7-5-17-8-4-2-1-3-6(8)9(7)14/h1-5H,(H3,12,13,15,16). The lowest BCUT2D eigenvalue weighted by atomic mass is 10.1. The Labute approximate surface area is 95.0 Å². The molecule has 3 N–H and O–H groups in total. The van der Waals surface area contributed by atoms with E-state index in [1.165, 1.54) is 6.07 Å². The summed E-state index contributed by atoms with van der Waals surface area (Å²) in [5, 5.41) is 2.07. The van der Waals surface area contributed by atoms with Crippen molar-refractivity contribution in [2.45, 2.75) is 0 Å². The van der Waals surface area contributed by atoms with Crippen LogP contribution in [0, 0.1) is 0 Å². The first-order valence-electron chi connectivity index (χ1n) is 4.71. The quantitative estimate of drug-likeness (QED) is 0.751. The van der Waals surface area contributed by atoms with E-state index in [2.05, 4.69) is 0 Å². The van der Waals surface area contributed by atoms with Crippen LogP contribution >= 0.6 is 0 Å². The van der Waals surface area contributed by atoms with Crippen LogP contribution in [0.4, 0.5) is 4.79 Å². The Kier molecular flexibility index (Phi) is 2.61. The van der Waals surface area contributed by atoms with E-state index in [0.717, 1.165) is 6.26 Å². The lowest BCUT2D eigenvalue weighted by Gasteiger charge is -2.01. The number of benzene rings is 1. The average molecular weight is 232 g/mol. The fourth-order valence-electron chi connectivity index (χ4n) is 1.41. The molecule has 17 heavy (non-hydrogen) atoms. The summed E-state index contributed by atoms with van der Waals surface area (Å²) in [6.45, 7) is 0. The highest BCUT2D eigenvalue weighted by atomic mass is 16.3. The summed E-state index contributed by atoms with van der Waals surface area (Å²) in [6, 6.07) is 5.46. The fourth-order valence-corrected chi connectivity index (χ4v) is 1.41. The second-order valence-corrected chi connectivity index (χ2v) is 3.29. The average Bonchev–Trinajstić information content (AvgIpc) is 2.28. The molecule has 0 saturated heterocycles. The van der Waals surface area contributed by atoms with Crippen LogP contribution in [-0.2, 0) is 0 Å². The van der Waals surface area contributed by atoms with Gasteiger partial charge in [0.1, 0.15) is 17.4 Å². The van der Waals surface area contributed by atoms with Gasteiger partial charge in [-0.05, 0) is 12.1 Å². The Hall–Kier alpha value is -2.63. The van der Waals surface area contributed by atoms with Crippen LogP contribution in [0.5, 0.6) is 0 Å². The number of nitrogens with two attached hydrogens (primary N) is 1. The molecule has 0 spiro atoms. The molecular formula is C11H8N2O4. The molecule has 0 aliphatic rings. The van der Waals surface area contributed by atoms with E-state index in [0.29, 0.717) is 5.58 Å². The molecule has 1 heterocycles. The van der Waals surface area contributed by atoms with Crippen LogP contribution in [-0.4, -0.2) is 11.9 Å². The van der Waals surface area contributed by atoms with Crippen molar-refractivity contribution < 1.29 is 14.0 Å². The molecule has 0 fully saturated rings. The fraction of sp³-hybridized carbons (Fsp3) is 0. The molecule has 0 aliphatic heterocycles. The van der Waals surface area contributed by atoms with Crippen LogP contribution in [0.2, 0.25) is 0 Å². The maximum atomic E-state index is 11.9. The number of fused-ring (bicyclic) bond motifs is 1. The Bertz CT molecular complexity index is 660. The molecule has 1 aromatic heterocycles. The van der Waals surface area contributed by atoms with E-state index >= 15 is 0 Å². The van der Waals surface area contributed by atoms with Crippen molar-refractivity contribution in [2.24, 2.45) is 5.73 Å². The van der Waals surface area contributed by atoms with Gasteiger partial charge in [-0.1, -0.05) is 12.1 Å². The van der Waals surface area contributed by atoms with Crippen LogP contribution in [0.1, 0.15) is 10.4 Å². The van der Waals surface area contributed by atoms with Gasteiger partial charge in [-0.3, -0.25) is 14.9 Å². The van der Waals surface area contributed by atoms with E-state index in [1.54, 1.807) is 23.5 Å². The largest absolute Gasteiger partial charge is 0.463 e. The summed E-state index contributed by atoms with van der Waals surface area (Å²) < 4.78 is 5.11. The molecule has 3 amide bonds. The second kappa shape index (κ2) is 4.09. The summed E-state index contributed by atoms with van der Waals surface area (Å²) in [5.41, 5.74) is 4.39. The van der Waals surface area contributed by atoms with Gasteiger partial charge in [0.15, 0.2) is 0 Å². The van der Waals surface area contributed by atoms with Crippen LogP contribution in [0.25, 0.3) is 11.0 Å². The predicted octanol–water partition coefficient (Wildman–Crippen LogP) is 0.601. The molecule has 6 nitrogen and oxygen atoms in total. The first-order valence-corrected chi connectivity index (χ1v) is 4.71. The van der Waals surface area contributed by atoms with Crippen LogP contribution in [0.3, 0.4) is 0 Å². The molecule has 0 radical (unpaired) electrons. The molecule has 86 valence electrons. The molecule has 0 atom stereocenters. The molecule has 2 aromatic rings. The van der Waals surface area contributed by atoms with E-state index in [1.807, 2.05) is 0 Å². The molecule has 0 bridgehead atoms. The Morgan fingerprint density at radius 1 is 1.24 bits per heavy atom. The maximum Gasteiger partial charge on any atom is 0.319 e. The third-order valence-corrected chi connectivity index (χ3v) is 2.16. The normalized spacial score (nSPS) is 10.1. The van der Waals surface area contributed by atoms with Gasteiger partial charge in [0.2, 0.25) is 5.43 Å². The number of hydrogen-bond donors (Lipinski definition) is 2. The zero-order valence-electron chi connectivity index (χ0n) is 8.60. The number of nitrogens with one attached hydrogen (secondary N) is 1. The Morgan fingerprint density at radius 3 is 2.65 bits per heavy atom. The van der Waals surface area contributed by atoms with Gasteiger partial charge in [0.25, 0.3) is 5.91 Å². The molecule has 1 aromatic carbocycles. The van der Waals surface area contributed by atoms with Crippen LogP contribution < -0.4 is 16.5 Å². The monoisotopic (exact) mass is 232 g/mol. The molecule has 2 rings (SSSR count). The van der Waals surface area contributed by atoms with Gasteiger partial charge >= 0.3 is 6.03 Å². The van der Waals surface area contributed by atoms with Crippen molar-refractivity contribution in [3.05, 3.63) is 46.3 Å². The van der Waals surface area contributed by atoms with Crippen molar-refractivity contribution in [3.63, 3.8) is 0 Å². The first-order chi connectivity index (χ1) is 8.09. The summed E-state index contributed by atoms with van der Waals surface area (Å²) >= 11 is 0. The minimum Gasteiger partial charge on any atom is -0.463 e. The number of carbonyl (C=O) groups excluding carboxylic acids is 2. The van der Waals surface area contributed by atoms with Gasteiger partial charge in [-0.25, -0.2) is 4.79 Å². The van der Waals surface area contributed by atoms with Crippen molar-refractivity contribution in [3.8, 4) is 0 Å². The first kappa shape index (κ1) is 10.9. The van der Waals surface area contributed by atoms with Crippen molar-refractivity contribution in [2.75, 3.05) is 0 Å². The topological polar surface area (TPSA) is 102 Å². The zero-order valence-corrected chi connectivity index (χ0v) is 8.60. The minimum absolute atomic E-state index is 0.262. The van der Waals surface area contributed by atoms with Gasteiger partial charge in [0.05, 0.1) is 5.39 Å². The molecule has 6 heteroatoms. The predicted molar refractivity (Wildman–Crippen MR) is 59.5 cm³/mol.